The Balaban J connectivity index is 2.24. The zero-order valence-corrected chi connectivity index (χ0v) is 10.2. The highest BCUT2D eigenvalue weighted by Crippen LogP contribution is 2.16. The van der Waals surface area contributed by atoms with Gasteiger partial charge in [0, 0.05) is 13.1 Å². The summed E-state index contributed by atoms with van der Waals surface area (Å²) in [4.78, 5) is 23.6. The second kappa shape index (κ2) is 5.21. The van der Waals surface area contributed by atoms with Gasteiger partial charge in [0.25, 0.3) is 11.8 Å². The fraction of sp³-hybridized carbons (Fsp3) is 0.0833. The molecular weight excluding hydrogens is 246 g/mol. The molecule has 0 unspecified atom stereocenters. The van der Waals surface area contributed by atoms with E-state index >= 15 is 0 Å². The Morgan fingerprint density at radius 2 is 2.00 bits per heavy atom. The Bertz CT molecular complexity index is 620. The molecule has 7 nitrogen and oxygen atoms in total. The number of benzene rings is 1. The number of rotatable bonds is 3. The number of para-hydroxylation sites is 1. The summed E-state index contributed by atoms with van der Waals surface area (Å²) in [5.41, 5.74) is 6.45. The van der Waals surface area contributed by atoms with Crippen molar-refractivity contribution in [2.45, 2.75) is 0 Å². The minimum Gasteiger partial charge on any atom is -0.382 e. The zero-order chi connectivity index (χ0) is 13.8. The van der Waals surface area contributed by atoms with Crippen molar-refractivity contribution < 1.29 is 9.59 Å². The number of anilines is 2. The maximum atomic E-state index is 11.9. The van der Waals surface area contributed by atoms with Crippen molar-refractivity contribution in [1.82, 2.24) is 15.5 Å². The average Bonchev–Trinajstić information content (AvgIpc) is 2.85. The second-order valence-corrected chi connectivity index (χ2v) is 3.79. The lowest BCUT2D eigenvalue weighted by molar-refractivity contribution is 0.0964. The van der Waals surface area contributed by atoms with E-state index in [1.165, 1.54) is 13.1 Å². The lowest BCUT2D eigenvalue weighted by Gasteiger charge is -2.08. The fourth-order valence-corrected chi connectivity index (χ4v) is 1.57. The summed E-state index contributed by atoms with van der Waals surface area (Å²) < 4.78 is 0. The average molecular weight is 259 g/mol. The van der Waals surface area contributed by atoms with Crippen molar-refractivity contribution in [1.29, 1.82) is 0 Å². The number of aromatic nitrogens is 2. The third-order valence-corrected chi connectivity index (χ3v) is 2.49. The van der Waals surface area contributed by atoms with Gasteiger partial charge in [-0.3, -0.25) is 14.7 Å². The quantitative estimate of drug-likeness (QED) is 0.646. The summed E-state index contributed by atoms with van der Waals surface area (Å²) in [6.07, 6.45) is 0. The lowest BCUT2D eigenvalue weighted by Crippen LogP contribution is -2.21. The van der Waals surface area contributed by atoms with Gasteiger partial charge < -0.3 is 16.4 Å². The van der Waals surface area contributed by atoms with Crippen molar-refractivity contribution in [2.75, 3.05) is 18.1 Å². The van der Waals surface area contributed by atoms with Crippen LogP contribution in [0.2, 0.25) is 0 Å². The zero-order valence-electron chi connectivity index (χ0n) is 10.2. The van der Waals surface area contributed by atoms with Gasteiger partial charge in [0.1, 0.15) is 11.5 Å². The standard InChI is InChI=1S/C12H13N5O2/c1-14-11(18)7-4-2-3-5-8(7)15-12(19)9-6-10(13)17-16-9/h2-6H,1H3,(H,14,18)(H,15,19)(H3,13,16,17). The van der Waals surface area contributed by atoms with Crippen LogP contribution in [0.5, 0.6) is 0 Å². The van der Waals surface area contributed by atoms with Crippen molar-refractivity contribution in [2.24, 2.45) is 0 Å². The van der Waals surface area contributed by atoms with Crippen LogP contribution in [0, 0.1) is 0 Å². The molecule has 0 atom stereocenters. The molecule has 1 aromatic carbocycles. The molecule has 0 saturated heterocycles. The van der Waals surface area contributed by atoms with Crippen LogP contribution in [0.4, 0.5) is 11.5 Å². The number of nitrogens with zero attached hydrogens (tertiary/aromatic N) is 1. The first-order valence-electron chi connectivity index (χ1n) is 5.55. The monoisotopic (exact) mass is 259 g/mol. The Kier molecular flexibility index (Phi) is 3.46. The Morgan fingerprint density at radius 3 is 2.63 bits per heavy atom. The van der Waals surface area contributed by atoms with E-state index in [4.69, 9.17) is 5.73 Å². The van der Waals surface area contributed by atoms with Crippen LogP contribution in [0.3, 0.4) is 0 Å². The molecule has 0 bridgehead atoms. The molecule has 5 N–H and O–H groups in total. The first-order valence-corrected chi connectivity index (χ1v) is 5.55. The Morgan fingerprint density at radius 1 is 1.26 bits per heavy atom. The highest BCUT2D eigenvalue weighted by molar-refractivity contribution is 6.08. The van der Waals surface area contributed by atoms with Gasteiger partial charge in [-0.2, -0.15) is 5.10 Å². The first kappa shape index (κ1) is 12.6. The van der Waals surface area contributed by atoms with Gasteiger partial charge in [0.05, 0.1) is 11.3 Å². The second-order valence-electron chi connectivity index (χ2n) is 3.79. The normalized spacial score (nSPS) is 9.95. The smallest absolute Gasteiger partial charge is 0.273 e. The van der Waals surface area contributed by atoms with Crippen LogP contribution in [0.15, 0.2) is 30.3 Å². The maximum Gasteiger partial charge on any atom is 0.273 e. The van der Waals surface area contributed by atoms with Crippen LogP contribution in [0.25, 0.3) is 0 Å². The van der Waals surface area contributed by atoms with Crippen molar-refractivity contribution in [3.05, 3.63) is 41.6 Å². The van der Waals surface area contributed by atoms with Gasteiger partial charge in [0.2, 0.25) is 0 Å². The minimum absolute atomic E-state index is 0.226. The number of hydrogen-bond acceptors (Lipinski definition) is 4. The molecule has 0 aliphatic carbocycles. The largest absolute Gasteiger partial charge is 0.382 e. The van der Waals surface area contributed by atoms with E-state index in [-0.39, 0.29) is 17.4 Å². The fourth-order valence-electron chi connectivity index (χ4n) is 1.57. The molecule has 0 radical (unpaired) electrons. The topological polar surface area (TPSA) is 113 Å². The predicted octanol–water partition coefficient (Wildman–Crippen LogP) is 0.604. The van der Waals surface area contributed by atoms with Crippen LogP contribution >= 0.6 is 0 Å². The van der Waals surface area contributed by atoms with E-state index in [2.05, 4.69) is 20.8 Å². The summed E-state index contributed by atoms with van der Waals surface area (Å²) in [7, 11) is 1.52. The molecule has 2 aromatic rings. The molecule has 0 aliphatic heterocycles. The van der Waals surface area contributed by atoms with Gasteiger partial charge in [-0.25, -0.2) is 0 Å². The highest BCUT2D eigenvalue weighted by Gasteiger charge is 2.14. The number of nitrogens with one attached hydrogen (secondary N) is 3. The van der Waals surface area contributed by atoms with Gasteiger partial charge in [-0.15, -0.1) is 0 Å². The van der Waals surface area contributed by atoms with E-state index in [1.54, 1.807) is 24.3 Å². The molecule has 7 heteroatoms. The van der Waals surface area contributed by atoms with E-state index in [0.29, 0.717) is 11.3 Å². The molecule has 0 aliphatic rings. The minimum atomic E-state index is -0.416. The molecule has 1 heterocycles. The van der Waals surface area contributed by atoms with Crippen molar-refractivity contribution >= 4 is 23.3 Å². The molecule has 19 heavy (non-hydrogen) atoms. The number of hydrogen-bond donors (Lipinski definition) is 4. The van der Waals surface area contributed by atoms with Crippen LogP contribution < -0.4 is 16.4 Å². The lowest BCUT2D eigenvalue weighted by atomic mass is 10.1. The van der Waals surface area contributed by atoms with Crippen LogP contribution in [-0.4, -0.2) is 29.1 Å². The third-order valence-electron chi connectivity index (χ3n) is 2.49. The predicted molar refractivity (Wildman–Crippen MR) is 70.8 cm³/mol. The SMILES string of the molecule is CNC(=O)c1ccccc1NC(=O)c1cc(N)n[nH]1. The third kappa shape index (κ3) is 2.71. The maximum absolute atomic E-state index is 11.9. The van der Waals surface area contributed by atoms with E-state index in [9.17, 15) is 9.59 Å². The number of amides is 2. The van der Waals surface area contributed by atoms with Gasteiger partial charge in [0.15, 0.2) is 0 Å². The van der Waals surface area contributed by atoms with Gasteiger partial charge in [-0.05, 0) is 12.1 Å². The molecule has 2 amide bonds. The number of aromatic amines is 1. The summed E-state index contributed by atoms with van der Waals surface area (Å²) in [5, 5.41) is 11.3. The Hall–Kier alpha value is -2.83. The van der Waals surface area contributed by atoms with E-state index in [0.717, 1.165) is 0 Å². The molecule has 0 saturated carbocycles. The van der Waals surface area contributed by atoms with Crippen LogP contribution in [-0.2, 0) is 0 Å². The van der Waals surface area contributed by atoms with Crippen LogP contribution in [0.1, 0.15) is 20.8 Å². The number of nitrogens with two attached hydrogens (primary N) is 1. The summed E-state index contributed by atoms with van der Waals surface area (Å²) >= 11 is 0. The molecule has 2 rings (SSSR count). The van der Waals surface area contributed by atoms with Gasteiger partial charge in [-0.1, -0.05) is 12.1 Å². The highest BCUT2D eigenvalue weighted by atomic mass is 16.2. The summed E-state index contributed by atoms with van der Waals surface area (Å²) in [6, 6.07) is 8.12. The molecule has 98 valence electrons. The van der Waals surface area contributed by atoms with Crippen molar-refractivity contribution in [3.63, 3.8) is 0 Å². The number of carbonyl (C=O) groups is 2. The summed E-state index contributed by atoms with van der Waals surface area (Å²) in [5.74, 6) is -0.467. The molecule has 0 fully saturated rings. The Labute approximate surface area is 109 Å². The number of carbonyl (C=O) groups excluding carboxylic acids is 2. The van der Waals surface area contributed by atoms with E-state index < -0.39 is 5.91 Å². The first-order chi connectivity index (χ1) is 9.11. The number of H-pyrrole nitrogens is 1. The van der Waals surface area contributed by atoms with E-state index in [1.807, 2.05) is 0 Å². The molecule has 0 spiro atoms. The van der Waals surface area contributed by atoms with Gasteiger partial charge >= 0.3 is 0 Å². The molecular formula is C12H13N5O2. The van der Waals surface area contributed by atoms with Crippen molar-refractivity contribution in [3.8, 4) is 0 Å². The molecule has 1 aromatic heterocycles. The number of nitrogen functional groups attached to an aromatic ring is 1. The summed E-state index contributed by atoms with van der Waals surface area (Å²) in [6.45, 7) is 0.